The van der Waals surface area contributed by atoms with Crippen molar-refractivity contribution in [1.82, 2.24) is 0 Å². The molecule has 1 nitrogen and oxygen atoms in total. The quantitative estimate of drug-likeness (QED) is 0.170. The molecule has 0 saturated heterocycles. The molecule has 2 aliphatic rings. The Morgan fingerprint density at radius 2 is 0.877 bits per heavy atom. The van der Waals surface area contributed by atoms with Crippen LogP contribution in [-0.4, -0.2) is 0 Å². The fourth-order valence-corrected chi connectivity index (χ4v) is 11.0. The third kappa shape index (κ3) is 4.68. The smallest absolute Gasteiger partial charge is 0.0726 e. The maximum absolute atomic E-state index is 2.48. The minimum absolute atomic E-state index is 0.416. The summed E-state index contributed by atoms with van der Waals surface area (Å²) in [5.41, 5.74) is 18.4. The van der Waals surface area contributed by atoms with Gasteiger partial charge >= 0.3 is 0 Å². The molecule has 10 aromatic rings. The molecule has 0 amide bonds. The predicted molar refractivity (Wildman–Crippen MR) is 241 cm³/mol. The summed E-state index contributed by atoms with van der Waals surface area (Å²) in [5.74, 6) is 0. The summed E-state index contributed by atoms with van der Waals surface area (Å²) in [6.45, 7) is 0. The first-order valence-corrected chi connectivity index (χ1v) is 20.5. The van der Waals surface area contributed by atoms with E-state index in [1.165, 1.54) is 92.6 Å². The van der Waals surface area contributed by atoms with Crippen molar-refractivity contribution in [2.24, 2.45) is 0 Å². The summed E-state index contributed by atoms with van der Waals surface area (Å²) in [7, 11) is 0. The van der Waals surface area contributed by atoms with E-state index in [1.807, 2.05) is 11.3 Å². The third-order valence-corrected chi connectivity index (χ3v) is 13.4. The van der Waals surface area contributed by atoms with Gasteiger partial charge in [-0.25, -0.2) is 0 Å². The van der Waals surface area contributed by atoms with Crippen LogP contribution in [0, 0.1) is 0 Å². The normalized spacial score (nSPS) is 13.1. The van der Waals surface area contributed by atoms with Crippen LogP contribution >= 0.6 is 11.3 Å². The molecule has 0 bridgehead atoms. The molecule has 1 spiro atoms. The van der Waals surface area contributed by atoms with Crippen LogP contribution < -0.4 is 4.90 Å². The van der Waals surface area contributed by atoms with E-state index in [1.54, 1.807) is 0 Å². The fraction of sp³-hybridized carbons (Fsp3) is 0.0182. The Morgan fingerprint density at radius 3 is 1.65 bits per heavy atom. The molecule has 2 heteroatoms. The van der Waals surface area contributed by atoms with E-state index in [-0.39, 0.29) is 0 Å². The van der Waals surface area contributed by atoms with Crippen molar-refractivity contribution < 1.29 is 0 Å². The van der Waals surface area contributed by atoms with Gasteiger partial charge in [-0.1, -0.05) is 164 Å². The fourth-order valence-electron chi connectivity index (χ4n) is 9.90. The number of hydrogen-bond donors (Lipinski definition) is 0. The van der Waals surface area contributed by atoms with E-state index in [9.17, 15) is 0 Å². The molecular formula is C55H35NS. The van der Waals surface area contributed by atoms with Gasteiger partial charge in [-0.2, -0.15) is 0 Å². The number of nitrogens with zero attached hydrogens (tertiary/aromatic N) is 1. The Morgan fingerprint density at radius 1 is 0.333 bits per heavy atom. The molecule has 0 atom stereocenters. The maximum atomic E-state index is 2.48. The second-order valence-corrected chi connectivity index (χ2v) is 16.3. The number of hydrogen-bond acceptors (Lipinski definition) is 2. The van der Waals surface area contributed by atoms with Crippen molar-refractivity contribution in [3.63, 3.8) is 0 Å². The minimum Gasteiger partial charge on any atom is -0.310 e. The molecule has 1 aromatic heterocycles. The summed E-state index contributed by atoms with van der Waals surface area (Å²) in [4.78, 5) is 2.48. The predicted octanol–water partition coefficient (Wildman–Crippen LogP) is 15.2. The highest BCUT2D eigenvalue weighted by atomic mass is 32.1. The summed E-state index contributed by atoms with van der Waals surface area (Å²) in [6, 6.07) is 78.7. The van der Waals surface area contributed by atoms with Crippen LogP contribution in [0.5, 0.6) is 0 Å². The highest BCUT2D eigenvalue weighted by Crippen LogP contribution is 2.64. The molecule has 1 heterocycles. The Kier molecular flexibility index (Phi) is 7.08. The zero-order valence-electron chi connectivity index (χ0n) is 31.1. The van der Waals surface area contributed by atoms with E-state index in [4.69, 9.17) is 0 Å². The number of anilines is 3. The Hall–Kier alpha value is -7.00. The lowest BCUT2D eigenvalue weighted by atomic mass is 9.70. The van der Waals surface area contributed by atoms with E-state index < -0.39 is 5.41 Å². The first-order chi connectivity index (χ1) is 28.3. The van der Waals surface area contributed by atoms with Gasteiger partial charge in [-0.05, 0) is 110 Å². The molecule has 57 heavy (non-hydrogen) atoms. The molecule has 12 rings (SSSR count). The molecule has 266 valence electrons. The summed E-state index contributed by atoms with van der Waals surface area (Å²) >= 11 is 1.86. The van der Waals surface area contributed by atoms with Gasteiger partial charge < -0.3 is 4.90 Å². The van der Waals surface area contributed by atoms with Crippen molar-refractivity contribution >= 4 is 48.6 Å². The minimum atomic E-state index is -0.416. The molecular weight excluding hydrogens is 707 g/mol. The first-order valence-electron chi connectivity index (χ1n) is 19.7. The monoisotopic (exact) mass is 741 g/mol. The number of benzene rings is 9. The Bertz CT molecular complexity index is 3140. The van der Waals surface area contributed by atoms with Crippen LogP contribution in [0.15, 0.2) is 212 Å². The highest BCUT2D eigenvalue weighted by molar-refractivity contribution is 7.25. The van der Waals surface area contributed by atoms with E-state index in [0.717, 1.165) is 11.4 Å². The van der Waals surface area contributed by atoms with Gasteiger partial charge in [0.15, 0.2) is 0 Å². The van der Waals surface area contributed by atoms with Crippen molar-refractivity contribution in [1.29, 1.82) is 0 Å². The molecule has 0 N–H and O–H groups in total. The van der Waals surface area contributed by atoms with Crippen LogP contribution in [0.25, 0.3) is 64.7 Å². The van der Waals surface area contributed by atoms with Gasteiger partial charge in [0.25, 0.3) is 0 Å². The van der Waals surface area contributed by atoms with Crippen LogP contribution in [0.2, 0.25) is 0 Å². The SMILES string of the molecule is c1ccc(-c2cccc(N(c3ccc(-c4ccc5sc6ccccc6c5c4)cc3)c3cccc4c3-c3ccccc3C43c4ccccc4-c4ccccc43)c2)cc1. The van der Waals surface area contributed by atoms with Crippen LogP contribution in [-0.2, 0) is 5.41 Å². The summed E-state index contributed by atoms with van der Waals surface area (Å²) in [5, 5.41) is 2.64. The van der Waals surface area contributed by atoms with Crippen molar-refractivity contribution in [3.05, 3.63) is 235 Å². The lowest BCUT2D eigenvalue weighted by Gasteiger charge is -2.32. The van der Waals surface area contributed by atoms with Crippen LogP contribution in [0.1, 0.15) is 22.3 Å². The summed E-state index contributed by atoms with van der Waals surface area (Å²) in [6.07, 6.45) is 0. The van der Waals surface area contributed by atoms with Crippen molar-refractivity contribution in [3.8, 4) is 44.5 Å². The molecule has 0 aliphatic heterocycles. The molecule has 9 aromatic carbocycles. The zero-order chi connectivity index (χ0) is 37.5. The molecule has 2 aliphatic carbocycles. The lowest BCUT2D eigenvalue weighted by Crippen LogP contribution is -2.26. The number of rotatable bonds is 5. The first kappa shape index (κ1) is 32.3. The van der Waals surface area contributed by atoms with Gasteiger partial charge in [0.1, 0.15) is 0 Å². The Balaban J connectivity index is 1.08. The van der Waals surface area contributed by atoms with Gasteiger partial charge in [-0.15, -0.1) is 11.3 Å². The molecule has 0 fully saturated rings. The zero-order valence-corrected chi connectivity index (χ0v) is 31.9. The molecule has 0 saturated carbocycles. The highest BCUT2D eigenvalue weighted by Gasteiger charge is 2.52. The summed E-state index contributed by atoms with van der Waals surface area (Å²) < 4.78 is 2.65. The number of thiophene rings is 1. The largest absolute Gasteiger partial charge is 0.310 e. The van der Waals surface area contributed by atoms with Crippen LogP contribution in [0.4, 0.5) is 17.1 Å². The maximum Gasteiger partial charge on any atom is 0.0726 e. The second-order valence-electron chi connectivity index (χ2n) is 15.2. The average Bonchev–Trinajstić information content (AvgIpc) is 3.91. The van der Waals surface area contributed by atoms with Gasteiger partial charge in [0.05, 0.1) is 11.1 Å². The third-order valence-electron chi connectivity index (χ3n) is 12.3. The lowest BCUT2D eigenvalue weighted by molar-refractivity contribution is 0.794. The second kappa shape index (κ2) is 12.5. The van der Waals surface area contributed by atoms with E-state index in [2.05, 4.69) is 217 Å². The topological polar surface area (TPSA) is 3.24 Å². The Labute approximate surface area is 336 Å². The number of fused-ring (bicyclic) bond motifs is 13. The van der Waals surface area contributed by atoms with E-state index >= 15 is 0 Å². The van der Waals surface area contributed by atoms with Crippen LogP contribution in [0.3, 0.4) is 0 Å². The van der Waals surface area contributed by atoms with Gasteiger partial charge in [0.2, 0.25) is 0 Å². The average molecular weight is 742 g/mol. The van der Waals surface area contributed by atoms with Gasteiger partial charge in [-0.3, -0.25) is 0 Å². The van der Waals surface area contributed by atoms with Crippen molar-refractivity contribution in [2.45, 2.75) is 5.41 Å². The van der Waals surface area contributed by atoms with Gasteiger partial charge in [0, 0.05) is 37.1 Å². The van der Waals surface area contributed by atoms with Crippen molar-refractivity contribution in [2.75, 3.05) is 4.90 Å². The molecule has 0 radical (unpaired) electrons. The standard InChI is InChI=1S/C55H35NS/c1-2-14-36(15-3-1)38-16-12-17-41(34-38)56(40-31-28-37(29-32-40)39-30-33-53-46(35-39)44-20-7-11-27-52(44)57-53)51-26-13-25-50-54(51)45-21-6-10-24-49(45)55(50)47-22-8-4-18-42(47)43-19-5-9-23-48(43)55/h1-35H. The van der Waals surface area contributed by atoms with E-state index in [0.29, 0.717) is 0 Å². The molecule has 0 unspecified atom stereocenters.